The van der Waals surface area contributed by atoms with E-state index in [0.29, 0.717) is 12.5 Å². The quantitative estimate of drug-likeness (QED) is 0.862. The third-order valence-electron chi connectivity index (χ3n) is 6.45. The van der Waals surface area contributed by atoms with Gasteiger partial charge in [-0.3, -0.25) is 4.79 Å². The molecule has 0 aromatic heterocycles. The van der Waals surface area contributed by atoms with Gasteiger partial charge in [-0.05, 0) is 55.3 Å². The van der Waals surface area contributed by atoms with Crippen LogP contribution >= 0.6 is 11.8 Å². The second kappa shape index (κ2) is 6.38. The predicted molar refractivity (Wildman–Crippen MR) is 97.9 cm³/mol. The molecule has 1 saturated heterocycles. The van der Waals surface area contributed by atoms with Crippen molar-refractivity contribution in [3.05, 3.63) is 35.9 Å². The van der Waals surface area contributed by atoms with Gasteiger partial charge in [0.15, 0.2) is 0 Å². The predicted octanol–water partition coefficient (Wildman–Crippen LogP) is 3.02. The molecule has 4 heteroatoms. The summed E-state index contributed by atoms with van der Waals surface area (Å²) in [5.74, 6) is 3.14. The molecule has 24 heavy (non-hydrogen) atoms. The number of hydrogen-bond donors (Lipinski definition) is 2. The lowest BCUT2D eigenvalue weighted by Gasteiger charge is -2.37. The molecule has 1 aromatic carbocycles. The molecule has 3 aliphatic rings. The minimum absolute atomic E-state index is 0.184. The maximum atomic E-state index is 13.2. The third-order valence-corrected chi connectivity index (χ3v) is 7.69. The van der Waals surface area contributed by atoms with Crippen LogP contribution in [0, 0.1) is 17.3 Å². The lowest BCUT2D eigenvalue weighted by atomic mass is 9.68. The zero-order valence-corrected chi connectivity index (χ0v) is 15.0. The molecule has 2 bridgehead atoms. The molecule has 1 aliphatic heterocycles. The van der Waals surface area contributed by atoms with E-state index >= 15 is 0 Å². The van der Waals surface area contributed by atoms with E-state index in [4.69, 9.17) is 0 Å². The van der Waals surface area contributed by atoms with Gasteiger partial charge in [0.1, 0.15) is 0 Å². The highest BCUT2D eigenvalue weighted by Crippen LogP contribution is 2.57. The monoisotopic (exact) mass is 345 g/mol. The summed E-state index contributed by atoms with van der Waals surface area (Å²) in [6.07, 6.45) is 6.33. The molecule has 3 nitrogen and oxygen atoms in total. The molecule has 0 spiro atoms. The number of thioether (sulfide) groups is 1. The fourth-order valence-corrected chi connectivity index (χ4v) is 6.43. The first kappa shape index (κ1) is 16.5. The van der Waals surface area contributed by atoms with E-state index in [2.05, 4.69) is 29.6 Å². The van der Waals surface area contributed by atoms with Crippen LogP contribution in [0.1, 0.15) is 37.7 Å². The number of nitrogens with one attached hydrogen (secondary N) is 1. The average Bonchev–Trinajstić information content (AvgIpc) is 3.30. The molecule has 2 aliphatic carbocycles. The largest absolute Gasteiger partial charge is 0.387 e. The van der Waals surface area contributed by atoms with Gasteiger partial charge in [0.2, 0.25) is 5.91 Å². The zero-order valence-electron chi connectivity index (χ0n) is 14.2. The number of rotatable bonds is 5. The summed E-state index contributed by atoms with van der Waals surface area (Å²) in [6.45, 7) is 0.409. The summed E-state index contributed by atoms with van der Waals surface area (Å²) >= 11 is 1.78. The van der Waals surface area contributed by atoms with E-state index in [1.807, 2.05) is 6.07 Å². The highest BCUT2D eigenvalue weighted by Gasteiger charge is 2.55. The Balaban J connectivity index is 1.51. The molecule has 130 valence electrons. The Morgan fingerprint density at radius 1 is 1.29 bits per heavy atom. The number of amides is 1. The first-order valence-electron chi connectivity index (χ1n) is 9.22. The third kappa shape index (κ3) is 2.99. The van der Waals surface area contributed by atoms with E-state index in [9.17, 15) is 9.90 Å². The molecular formula is C20H27NO2S. The Labute approximate surface area is 148 Å². The molecule has 1 aromatic rings. The summed E-state index contributed by atoms with van der Waals surface area (Å²) in [5, 5.41) is 13.7. The van der Waals surface area contributed by atoms with Crippen LogP contribution in [0.5, 0.6) is 0 Å². The summed E-state index contributed by atoms with van der Waals surface area (Å²) in [6, 6.07) is 10.4. The number of fused-ring (bicyclic) bond motifs is 2. The van der Waals surface area contributed by atoms with Crippen molar-refractivity contribution in [1.29, 1.82) is 0 Å². The minimum atomic E-state index is -0.702. The normalized spacial score (nSPS) is 37.7. The Hall–Kier alpha value is -1.00. The van der Waals surface area contributed by atoms with Gasteiger partial charge in [0.25, 0.3) is 0 Å². The molecule has 1 heterocycles. The Morgan fingerprint density at radius 2 is 2.12 bits per heavy atom. The van der Waals surface area contributed by atoms with Gasteiger partial charge in [0, 0.05) is 12.3 Å². The van der Waals surface area contributed by atoms with Gasteiger partial charge in [0.05, 0.1) is 11.0 Å². The summed E-state index contributed by atoms with van der Waals surface area (Å²) in [4.78, 5) is 13.2. The number of carbonyl (C=O) groups is 1. The van der Waals surface area contributed by atoms with Crippen molar-refractivity contribution in [3.8, 4) is 0 Å². The standard InChI is InChI=1S/C20H27NO2S/c22-18(21-13-19(23)8-9-24-14-19)20(11-15-4-2-1-3-5-15)12-16-6-7-17(20)10-16/h1-5,16-17,23H,6-14H2,(H,21,22). The Bertz CT molecular complexity index is 599. The van der Waals surface area contributed by atoms with Gasteiger partial charge in [-0.1, -0.05) is 36.8 Å². The second-order valence-electron chi connectivity index (χ2n) is 8.11. The molecule has 0 radical (unpaired) electrons. The average molecular weight is 346 g/mol. The molecular weight excluding hydrogens is 318 g/mol. The SMILES string of the molecule is O=C(NCC1(O)CCSC1)C1(Cc2ccccc2)CC2CCC1C2. The second-order valence-corrected chi connectivity index (χ2v) is 9.21. The fraction of sp³-hybridized carbons (Fsp3) is 0.650. The number of carbonyl (C=O) groups excluding carboxylic acids is 1. The molecule has 4 unspecified atom stereocenters. The van der Waals surface area contributed by atoms with Crippen LogP contribution in [-0.2, 0) is 11.2 Å². The van der Waals surface area contributed by atoms with Crippen LogP contribution in [0.3, 0.4) is 0 Å². The van der Waals surface area contributed by atoms with E-state index < -0.39 is 5.60 Å². The molecule has 4 rings (SSSR count). The number of aliphatic hydroxyl groups is 1. The van der Waals surface area contributed by atoms with Crippen molar-refractivity contribution < 1.29 is 9.90 Å². The number of benzene rings is 1. The van der Waals surface area contributed by atoms with E-state index in [-0.39, 0.29) is 11.3 Å². The van der Waals surface area contributed by atoms with Gasteiger partial charge in [-0.25, -0.2) is 0 Å². The summed E-state index contributed by atoms with van der Waals surface area (Å²) in [7, 11) is 0. The minimum Gasteiger partial charge on any atom is -0.387 e. The van der Waals surface area contributed by atoms with Crippen molar-refractivity contribution in [2.75, 3.05) is 18.1 Å². The fourth-order valence-electron chi connectivity index (χ4n) is 5.14. The molecule has 1 amide bonds. The maximum absolute atomic E-state index is 13.2. The Kier molecular flexibility index (Phi) is 4.38. The molecule has 2 N–H and O–H groups in total. The summed E-state index contributed by atoms with van der Waals surface area (Å²) < 4.78 is 0. The van der Waals surface area contributed by atoms with Crippen LogP contribution in [0.25, 0.3) is 0 Å². The highest BCUT2D eigenvalue weighted by atomic mass is 32.2. The first-order valence-corrected chi connectivity index (χ1v) is 10.4. The van der Waals surface area contributed by atoms with Crippen molar-refractivity contribution in [3.63, 3.8) is 0 Å². The van der Waals surface area contributed by atoms with Crippen LogP contribution in [-0.4, -0.2) is 34.7 Å². The van der Waals surface area contributed by atoms with Gasteiger partial charge >= 0.3 is 0 Å². The first-order chi connectivity index (χ1) is 11.6. The smallest absolute Gasteiger partial charge is 0.226 e. The van der Waals surface area contributed by atoms with E-state index in [1.165, 1.54) is 24.8 Å². The lowest BCUT2D eigenvalue weighted by Crippen LogP contribution is -2.51. The van der Waals surface area contributed by atoms with Crippen LogP contribution in [0.15, 0.2) is 30.3 Å². The van der Waals surface area contributed by atoms with E-state index in [0.717, 1.165) is 36.7 Å². The lowest BCUT2D eigenvalue weighted by molar-refractivity contribution is -0.135. The summed E-state index contributed by atoms with van der Waals surface area (Å²) in [5.41, 5.74) is 0.300. The number of hydrogen-bond acceptors (Lipinski definition) is 3. The zero-order chi connectivity index (χ0) is 16.6. The van der Waals surface area contributed by atoms with Gasteiger partial charge in [-0.15, -0.1) is 0 Å². The van der Waals surface area contributed by atoms with Crippen molar-refractivity contribution in [2.24, 2.45) is 17.3 Å². The van der Waals surface area contributed by atoms with E-state index in [1.54, 1.807) is 11.8 Å². The maximum Gasteiger partial charge on any atom is 0.226 e. The van der Waals surface area contributed by atoms with Crippen molar-refractivity contribution in [1.82, 2.24) is 5.32 Å². The van der Waals surface area contributed by atoms with Crippen LogP contribution in [0.4, 0.5) is 0 Å². The van der Waals surface area contributed by atoms with Crippen molar-refractivity contribution >= 4 is 17.7 Å². The van der Waals surface area contributed by atoms with Gasteiger partial charge < -0.3 is 10.4 Å². The van der Waals surface area contributed by atoms with Crippen LogP contribution in [0.2, 0.25) is 0 Å². The van der Waals surface area contributed by atoms with Gasteiger partial charge in [-0.2, -0.15) is 11.8 Å². The Morgan fingerprint density at radius 3 is 2.75 bits per heavy atom. The van der Waals surface area contributed by atoms with Crippen molar-refractivity contribution in [2.45, 2.75) is 44.1 Å². The topological polar surface area (TPSA) is 49.3 Å². The molecule has 2 saturated carbocycles. The molecule has 4 atom stereocenters. The van der Waals surface area contributed by atoms with Crippen LogP contribution < -0.4 is 5.32 Å². The molecule has 3 fully saturated rings. The highest BCUT2D eigenvalue weighted by molar-refractivity contribution is 7.99.